The van der Waals surface area contributed by atoms with Crippen LogP contribution in [0.5, 0.6) is 0 Å². The minimum absolute atomic E-state index is 0.186. The number of benzene rings is 1. The van der Waals surface area contributed by atoms with Crippen LogP contribution in [0.25, 0.3) is 11.0 Å². The van der Waals surface area contributed by atoms with Gasteiger partial charge >= 0.3 is 5.97 Å². The van der Waals surface area contributed by atoms with Crippen molar-refractivity contribution < 1.29 is 19.1 Å². The maximum absolute atomic E-state index is 12.2. The summed E-state index contributed by atoms with van der Waals surface area (Å²) < 4.78 is 5.65. The van der Waals surface area contributed by atoms with Crippen molar-refractivity contribution in [2.75, 3.05) is 0 Å². The van der Waals surface area contributed by atoms with Gasteiger partial charge in [-0.05, 0) is 25.0 Å². The van der Waals surface area contributed by atoms with Crippen molar-refractivity contribution >= 4 is 22.8 Å². The predicted octanol–water partition coefficient (Wildman–Crippen LogP) is 2.76. The first-order chi connectivity index (χ1) is 9.90. The van der Waals surface area contributed by atoms with Crippen LogP contribution in [0, 0.1) is 5.92 Å². The Balaban J connectivity index is 2.16. The largest absolute Gasteiger partial charge is 0.480 e. The molecule has 1 amide bonds. The van der Waals surface area contributed by atoms with Crippen molar-refractivity contribution in [3.8, 4) is 0 Å². The van der Waals surface area contributed by atoms with Crippen LogP contribution in [-0.2, 0) is 9.59 Å². The van der Waals surface area contributed by atoms with E-state index in [9.17, 15) is 9.59 Å². The monoisotopic (exact) mass is 289 g/mol. The van der Waals surface area contributed by atoms with Crippen LogP contribution in [0.1, 0.15) is 32.4 Å². The summed E-state index contributed by atoms with van der Waals surface area (Å²) in [4.78, 5) is 23.3. The van der Waals surface area contributed by atoms with Crippen LogP contribution in [-0.4, -0.2) is 23.0 Å². The number of aliphatic carboxylic acids is 1. The lowest BCUT2D eigenvalue weighted by atomic mass is 10.0. The topological polar surface area (TPSA) is 79.5 Å². The van der Waals surface area contributed by atoms with Crippen molar-refractivity contribution in [2.45, 2.75) is 32.7 Å². The highest BCUT2D eigenvalue weighted by Crippen LogP contribution is 2.25. The van der Waals surface area contributed by atoms with Gasteiger partial charge in [-0.2, -0.15) is 0 Å². The summed E-state index contributed by atoms with van der Waals surface area (Å²) >= 11 is 0. The number of carboxylic acids is 1. The summed E-state index contributed by atoms with van der Waals surface area (Å²) in [5.74, 6) is -1.58. The molecule has 0 unspecified atom stereocenters. The molecular weight excluding hydrogens is 270 g/mol. The molecule has 1 heterocycles. The van der Waals surface area contributed by atoms with Gasteiger partial charge in [-0.1, -0.05) is 32.0 Å². The van der Waals surface area contributed by atoms with Gasteiger partial charge in [-0.3, -0.25) is 4.79 Å². The summed E-state index contributed by atoms with van der Waals surface area (Å²) in [6.07, 6.45) is 0. The van der Waals surface area contributed by atoms with Gasteiger partial charge in [-0.25, -0.2) is 4.79 Å². The third kappa shape index (κ3) is 3.24. The van der Waals surface area contributed by atoms with E-state index < -0.39 is 17.9 Å². The number of fused-ring (bicyclic) bond motifs is 1. The maximum Gasteiger partial charge on any atom is 0.326 e. The molecule has 2 aromatic rings. The van der Waals surface area contributed by atoms with Gasteiger partial charge in [-0.15, -0.1) is 0 Å². The third-order valence-electron chi connectivity index (χ3n) is 3.50. The van der Waals surface area contributed by atoms with E-state index >= 15 is 0 Å². The zero-order valence-corrected chi connectivity index (χ0v) is 12.3. The average Bonchev–Trinajstić information content (AvgIpc) is 2.86. The number of nitrogens with one attached hydrogen (secondary N) is 1. The number of furan rings is 1. The van der Waals surface area contributed by atoms with E-state index in [-0.39, 0.29) is 11.8 Å². The van der Waals surface area contributed by atoms with Gasteiger partial charge in [0.15, 0.2) is 0 Å². The molecule has 1 aromatic heterocycles. The quantitative estimate of drug-likeness (QED) is 0.887. The number of rotatable bonds is 5. The lowest BCUT2D eigenvalue weighted by Gasteiger charge is -2.19. The molecule has 21 heavy (non-hydrogen) atoms. The molecule has 5 heteroatoms. The van der Waals surface area contributed by atoms with Crippen molar-refractivity contribution in [3.05, 3.63) is 36.1 Å². The molecule has 2 atom stereocenters. The lowest BCUT2D eigenvalue weighted by Crippen LogP contribution is -2.45. The lowest BCUT2D eigenvalue weighted by molar-refractivity contribution is -0.143. The van der Waals surface area contributed by atoms with Crippen LogP contribution >= 0.6 is 0 Å². The Hall–Kier alpha value is -2.30. The van der Waals surface area contributed by atoms with E-state index in [1.165, 1.54) is 0 Å². The zero-order valence-electron chi connectivity index (χ0n) is 12.3. The van der Waals surface area contributed by atoms with Gasteiger partial charge < -0.3 is 14.8 Å². The molecule has 0 saturated carbocycles. The Kier molecular flexibility index (Phi) is 4.31. The molecule has 2 N–H and O–H groups in total. The first-order valence-corrected chi connectivity index (χ1v) is 6.91. The summed E-state index contributed by atoms with van der Waals surface area (Å²) in [6, 6.07) is 8.40. The van der Waals surface area contributed by atoms with E-state index in [2.05, 4.69) is 5.32 Å². The van der Waals surface area contributed by atoms with Gasteiger partial charge in [0.1, 0.15) is 17.4 Å². The molecule has 112 valence electrons. The highest BCUT2D eigenvalue weighted by molar-refractivity contribution is 5.88. The second-order valence-corrected chi connectivity index (χ2v) is 5.48. The van der Waals surface area contributed by atoms with E-state index in [0.717, 1.165) is 5.39 Å². The Morgan fingerprint density at radius 3 is 2.43 bits per heavy atom. The molecule has 2 rings (SSSR count). The van der Waals surface area contributed by atoms with Gasteiger partial charge in [0, 0.05) is 5.39 Å². The molecule has 1 aromatic carbocycles. The number of para-hydroxylation sites is 1. The van der Waals surface area contributed by atoms with E-state index in [1.807, 2.05) is 30.3 Å². The smallest absolute Gasteiger partial charge is 0.326 e. The van der Waals surface area contributed by atoms with E-state index in [0.29, 0.717) is 11.3 Å². The highest BCUT2D eigenvalue weighted by Gasteiger charge is 2.27. The highest BCUT2D eigenvalue weighted by atomic mass is 16.4. The molecule has 0 fully saturated rings. The Morgan fingerprint density at radius 2 is 1.86 bits per heavy atom. The fourth-order valence-corrected chi connectivity index (χ4v) is 2.14. The van der Waals surface area contributed by atoms with Crippen LogP contribution in [0.2, 0.25) is 0 Å². The zero-order chi connectivity index (χ0) is 15.6. The van der Waals surface area contributed by atoms with Gasteiger partial charge in [0.2, 0.25) is 5.91 Å². The van der Waals surface area contributed by atoms with Crippen molar-refractivity contribution in [1.29, 1.82) is 0 Å². The SMILES string of the molecule is CC(C)[C@@H](NC(=O)[C@@H](C)c1cc2ccccc2o1)C(=O)O. The maximum atomic E-state index is 12.2. The molecule has 0 radical (unpaired) electrons. The fraction of sp³-hybridized carbons (Fsp3) is 0.375. The first kappa shape index (κ1) is 15.1. The number of carbonyl (C=O) groups excluding carboxylic acids is 1. The van der Waals surface area contributed by atoms with Crippen LogP contribution in [0.4, 0.5) is 0 Å². The van der Waals surface area contributed by atoms with Crippen LogP contribution in [0.15, 0.2) is 34.7 Å². The number of hydrogen-bond donors (Lipinski definition) is 2. The summed E-state index contributed by atoms with van der Waals surface area (Å²) in [5.41, 5.74) is 0.714. The molecule has 5 nitrogen and oxygen atoms in total. The average molecular weight is 289 g/mol. The van der Waals surface area contributed by atoms with Crippen molar-refractivity contribution in [2.24, 2.45) is 5.92 Å². The molecule has 0 spiro atoms. The van der Waals surface area contributed by atoms with Gasteiger partial charge in [0.25, 0.3) is 0 Å². The molecule has 0 aliphatic carbocycles. The molecule has 0 bridgehead atoms. The minimum Gasteiger partial charge on any atom is -0.480 e. The Morgan fingerprint density at radius 1 is 1.19 bits per heavy atom. The van der Waals surface area contributed by atoms with Gasteiger partial charge in [0.05, 0.1) is 5.92 Å². The fourth-order valence-electron chi connectivity index (χ4n) is 2.14. The second kappa shape index (κ2) is 5.99. The normalized spacial score (nSPS) is 14.1. The summed E-state index contributed by atoms with van der Waals surface area (Å²) in [7, 11) is 0. The number of hydrogen-bond acceptors (Lipinski definition) is 3. The first-order valence-electron chi connectivity index (χ1n) is 6.91. The number of amides is 1. The standard InChI is InChI=1S/C16H19NO4/c1-9(2)14(16(19)20)17-15(18)10(3)13-8-11-6-4-5-7-12(11)21-13/h4-10,14H,1-3H3,(H,17,18)(H,19,20)/t10-,14+/m0/s1. The Labute approximate surface area is 122 Å². The predicted molar refractivity (Wildman–Crippen MR) is 79.0 cm³/mol. The minimum atomic E-state index is -1.03. The molecular formula is C16H19NO4. The molecule has 0 aliphatic rings. The molecule has 0 aliphatic heterocycles. The summed E-state index contributed by atoms with van der Waals surface area (Å²) in [5, 5.41) is 12.6. The second-order valence-electron chi connectivity index (χ2n) is 5.48. The summed E-state index contributed by atoms with van der Waals surface area (Å²) in [6.45, 7) is 5.21. The van der Waals surface area contributed by atoms with E-state index in [1.54, 1.807) is 20.8 Å². The number of carbonyl (C=O) groups is 2. The molecule has 0 saturated heterocycles. The third-order valence-corrected chi connectivity index (χ3v) is 3.50. The van der Waals surface area contributed by atoms with Crippen molar-refractivity contribution in [3.63, 3.8) is 0 Å². The number of carboxylic acid groups (broad SMARTS) is 1. The van der Waals surface area contributed by atoms with E-state index in [4.69, 9.17) is 9.52 Å². The Bertz CT molecular complexity index is 626. The van der Waals surface area contributed by atoms with Crippen molar-refractivity contribution in [1.82, 2.24) is 5.32 Å². The van der Waals surface area contributed by atoms with Crippen LogP contribution < -0.4 is 5.32 Å². The van der Waals surface area contributed by atoms with Crippen LogP contribution in [0.3, 0.4) is 0 Å².